The first-order chi connectivity index (χ1) is 19.7. The highest BCUT2D eigenvalue weighted by Gasteiger charge is 2.25. The van der Waals surface area contributed by atoms with Gasteiger partial charge in [0.2, 0.25) is 0 Å². The van der Waals surface area contributed by atoms with Crippen LogP contribution in [-0.2, 0) is 6.42 Å². The Morgan fingerprint density at radius 2 is 1.20 bits per heavy atom. The van der Waals surface area contributed by atoms with E-state index in [-0.39, 0.29) is 20.3 Å². The summed E-state index contributed by atoms with van der Waals surface area (Å²) in [6.45, 7) is 4.55. The van der Waals surface area contributed by atoms with Crippen LogP contribution in [0.15, 0.2) is 109 Å². The molecule has 1 heteroatoms. The van der Waals surface area contributed by atoms with Crippen LogP contribution < -0.4 is 0 Å². The molecule has 41 heavy (non-hydrogen) atoms. The Morgan fingerprint density at radius 3 is 1.95 bits per heavy atom. The highest BCUT2D eigenvalue weighted by atomic mass is 16.0. The number of rotatable bonds is 0. The molecule has 0 heterocycles. The minimum Gasteiger partial charge on any atom is -0.412 e. The second-order valence-corrected chi connectivity index (χ2v) is 11.4. The van der Waals surface area contributed by atoms with Gasteiger partial charge in [0.25, 0.3) is 0 Å². The summed E-state index contributed by atoms with van der Waals surface area (Å²) >= 11 is 0. The van der Waals surface area contributed by atoms with Crippen LogP contribution >= 0.6 is 0 Å². The van der Waals surface area contributed by atoms with Gasteiger partial charge in [0.1, 0.15) is 0 Å². The molecule has 0 bridgehead atoms. The molecule has 2 N–H and O–H groups in total. The maximum Gasteiger partial charge on any atom is 0 e. The van der Waals surface area contributed by atoms with Crippen molar-refractivity contribution in [1.82, 2.24) is 0 Å². The lowest BCUT2D eigenvalue weighted by Crippen LogP contribution is -2.13. The number of hydrogen-bond acceptors (Lipinski definition) is 0. The van der Waals surface area contributed by atoms with Crippen molar-refractivity contribution in [2.24, 2.45) is 5.92 Å². The normalized spacial score (nSPS) is 15.8. The standard InChI is InChI=1S/C19H20.C19H14.2CH4.H2O.H2/c2*1-13-6-9-17-15(12-13)8-11-18-16-5-3-2-4-14(16)7-10-19(17)18;;;;/h2-5,7,10,13H,6,8-9,11-12H2,1H3;2-12H,1H3;2*1H4;1H2;1H/i;;;;;1+1D. The summed E-state index contributed by atoms with van der Waals surface area (Å²) < 4.78 is 10.0. The molecule has 0 aromatic heterocycles. The first-order valence-electron chi connectivity index (χ1n) is 15.2. The predicted molar refractivity (Wildman–Crippen MR) is 185 cm³/mol. The minimum absolute atomic E-state index is 0. The highest BCUT2D eigenvalue weighted by molar-refractivity contribution is 6.17. The zero-order valence-electron chi connectivity index (χ0n) is 24.9. The Balaban J connectivity index is 0.000000209. The lowest BCUT2D eigenvalue weighted by molar-refractivity contribution is 0.504. The quantitative estimate of drug-likeness (QED) is 0.170. The van der Waals surface area contributed by atoms with Gasteiger partial charge in [-0.25, -0.2) is 0 Å². The van der Waals surface area contributed by atoms with Crippen LogP contribution in [0.4, 0.5) is 0 Å². The molecule has 0 spiro atoms. The molecule has 212 valence electrons. The largest absolute Gasteiger partial charge is 0.412 e. The van der Waals surface area contributed by atoms with E-state index in [1.807, 2.05) is 0 Å². The Morgan fingerprint density at radius 1 is 0.610 bits per heavy atom. The van der Waals surface area contributed by atoms with Gasteiger partial charge in [-0.2, -0.15) is 0 Å². The van der Waals surface area contributed by atoms with Gasteiger partial charge in [-0.05, 0) is 105 Å². The average molecular weight is 545 g/mol. The molecule has 0 saturated carbocycles. The van der Waals surface area contributed by atoms with Gasteiger partial charge in [-0.15, -0.1) is 0 Å². The Kier molecular flexibility index (Phi) is 8.57. The van der Waals surface area contributed by atoms with E-state index in [4.69, 9.17) is 2.97 Å². The molecule has 1 unspecified atom stereocenters. The first kappa shape index (κ1) is 28.6. The summed E-state index contributed by atoms with van der Waals surface area (Å²) in [5.41, 5.74) is 7.91. The van der Waals surface area contributed by atoms with Crippen molar-refractivity contribution >= 4 is 48.7 Å². The molecule has 0 saturated heterocycles. The van der Waals surface area contributed by atoms with E-state index >= 15 is 0 Å². The summed E-state index contributed by atoms with van der Waals surface area (Å²) in [5, 5.41) is 10.9. The second kappa shape index (κ2) is 12.3. The molecule has 2 aliphatic carbocycles. The number of allylic oxidation sites excluding steroid dienone is 2. The van der Waals surface area contributed by atoms with Crippen LogP contribution in [0, 0.1) is 12.8 Å². The van der Waals surface area contributed by atoms with Crippen LogP contribution in [0.5, 0.6) is 0 Å². The fourth-order valence-corrected chi connectivity index (χ4v) is 6.90. The highest BCUT2D eigenvalue weighted by Crippen LogP contribution is 2.43. The Labute approximate surface area is 248 Å². The number of aryl methyl sites for hydroxylation is 2. The second-order valence-electron chi connectivity index (χ2n) is 11.4. The first-order valence-corrected chi connectivity index (χ1v) is 14.2. The van der Waals surface area contributed by atoms with Crippen molar-refractivity contribution in [3.8, 4) is 0 Å². The fraction of sp³-hybridized carbons (Fsp3) is 0.250. The molecule has 0 amide bonds. The van der Waals surface area contributed by atoms with Gasteiger partial charge in [0.05, 0.1) is 0 Å². The van der Waals surface area contributed by atoms with E-state index in [0.717, 1.165) is 5.92 Å². The molecule has 0 aliphatic heterocycles. The molecular formula is C40H46O. The lowest BCUT2D eigenvalue weighted by Gasteiger charge is -2.31. The van der Waals surface area contributed by atoms with E-state index in [1.165, 1.54) is 80.8 Å². The Hall–Kier alpha value is -3.94. The van der Waals surface area contributed by atoms with Gasteiger partial charge in [0.15, 0.2) is 0 Å². The van der Waals surface area contributed by atoms with Crippen molar-refractivity contribution in [3.05, 3.63) is 125 Å². The molecule has 1 atom stereocenters. The number of hydrogen-bond donors (Lipinski definition) is 0. The molecule has 6 aromatic carbocycles. The molecule has 6 aromatic rings. The monoisotopic (exact) mass is 544 g/mol. The predicted octanol–water partition coefficient (Wildman–Crippen LogP) is 11.5. The number of benzene rings is 6. The van der Waals surface area contributed by atoms with Crippen LogP contribution in [0.25, 0.3) is 48.7 Å². The van der Waals surface area contributed by atoms with Crippen LogP contribution in [-0.4, -0.2) is 5.48 Å². The van der Waals surface area contributed by atoms with Crippen LogP contribution in [0.2, 0.25) is 0 Å². The van der Waals surface area contributed by atoms with E-state index in [9.17, 15) is 0 Å². The number of fused-ring (bicyclic) bond motifs is 9. The van der Waals surface area contributed by atoms with Gasteiger partial charge in [-0.3, -0.25) is 0 Å². The summed E-state index contributed by atoms with van der Waals surface area (Å²) in [5.74, 6) is 0.890. The summed E-state index contributed by atoms with van der Waals surface area (Å²) in [4.78, 5) is 0. The lowest BCUT2D eigenvalue weighted by atomic mass is 9.74. The van der Waals surface area contributed by atoms with Gasteiger partial charge in [-0.1, -0.05) is 136 Å². The maximum atomic E-state index is 5.00. The molecule has 0 fully saturated rings. The third-order valence-corrected chi connectivity index (χ3v) is 8.85. The van der Waals surface area contributed by atoms with Crippen LogP contribution in [0.1, 0.15) is 67.1 Å². The molecule has 0 radical (unpaired) electrons. The van der Waals surface area contributed by atoms with Gasteiger partial charge in [0, 0.05) is 2.97 Å². The summed E-state index contributed by atoms with van der Waals surface area (Å²) in [6, 6.07) is 37.8. The average Bonchev–Trinajstić information content (AvgIpc) is 3.01. The van der Waals surface area contributed by atoms with Crippen molar-refractivity contribution in [2.45, 2.75) is 60.8 Å². The van der Waals surface area contributed by atoms with E-state index in [1.54, 1.807) is 22.3 Å². The van der Waals surface area contributed by atoms with Crippen molar-refractivity contribution in [1.29, 1.82) is 0 Å². The smallest absolute Gasteiger partial charge is 0 e. The van der Waals surface area contributed by atoms with Crippen molar-refractivity contribution in [3.63, 3.8) is 0 Å². The molecular weight excluding hydrogens is 496 g/mol. The Bertz CT molecular complexity index is 1890. The molecule has 8 rings (SSSR count). The third kappa shape index (κ3) is 5.39. The summed E-state index contributed by atoms with van der Waals surface area (Å²) in [6.07, 6.45) is 6.53. The zero-order valence-corrected chi connectivity index (χ0v) is 22.9. The van der Waals surface area contributed by atoms with Gasteiger partial charge >= 0.3 is 0 Å². The van der Waals surface area contributed by atoms with Crippen molar-refractivity contribution in [2.75, 3.05) is 0 Å². The van der Waals surface area contributed by atoms with E-state index in [2.05, 4.69) is 117 Å². The molecule has 1 nitrogen and oxygen atoms in total. The minimum atomic E-state index is 0. The third-order valence-electron chi connectivity index (χ3n) is 8.85. The van der Waals surface area contributed by atoms with Crippen LogP contribution in [0.3, 0.4) is 0 Å². The van der Waals surface area contributed by atoms with Gasteiger partial charge < -0.3 is 5.48 Å². The summed E-state index contributed by atoms with van der Waals surface area (Å²) in [7, 11) is 0. The fourth-order valence-electron chi connectivity index (χ4n) is 6.90. The zero-order chi connectivity index (χ0) is 27.6. The topological polar surface area (TPSA) is 31.5 Å². The SMILES string of the molecule is C.C.CC1CCC2=C(CCc3c2ccc2ccccc32)C1.Cc1ccc2c(ccc3c4ccccc4ccc23)c1.O.[2H][2H]. The van der Waals surface area contributed by atoms with E-state index in [0.29, 0.717) is 0 Å². The van der Waals surface area contributed by atoms with Crippen molar-refractivity contribution < 1.29 is 8.45 Å². The van der Waals surface area contributed by atoms with E-state index < -0.39 is 0 Å². The molecule has 2 aliphatic rings. The maximum absolute atomic E-state index is 5.00.